The second-order valence-electron chi connectivity index (χ2n) is 21.7. The molecule has 24 nitrogen and oxygen atoms in total. The van der Waals surface area contributed by atoms with Crippen molar-refractivity contribution in [2.75, 3.05) is 90.1 Å². The quantitative estimate of drug-likeness (QED) is 0.0179. The lowest BCUT2D eigenvalue weighted by molar-refractivity contribution is -0.142. The number of aliphatic hydroxyl groups excluding tert-OH is 1. The summed E-state index contributed by atoms with van der Waals surface area (Å²) in [5.74, 6) is -3.01. The number of nitrogens with zero attached hydrogens (tertiary/aromatic N) is 6. The van der Waals surface area contributed by atoms with Crippen LogP contribution in [0.3, 0.4) is 0 Å². The van der Waals surface area contributed by atoms with Crippen LogP contribution in [-0.4, -0.2) is 133 Å². The van der Waals surface area contributed by atoms with E-state index < -0.39 is 53.2 Å². The average Bonchev–Trinajstić information content (AvgIpc) is 0.904. The Balaban J connectivity index is 0.000000504. The largest absolute Gasteiger partial charge is 0.469 e. The number of esters is 1. The lowest BCUT2D eigenvalue weighted by atomic mass is 9.98. The normalized spacial score (nSPS) is 10.7. The van der Waals surface area contributed by atoms with Crippen molar-refractivity contribution < 1.29 is 71.1 Å². The van der Waals surface area contributed by atoms with Crippen molar-refractivity contribution in [2.24, 2.45) is 5.73 Å². The lowest BCUT2D eigenvalue weighted by Gasteiger charge is -2.25. The maximum absolute atomic E-state index is 14.0. The number of halogens is 3. The zero-order valence-corrected chi connectivity index (χ0v) is 59.0. The molecule has 0 aliphatic rings. The van der Waals surface area contributed by atoms with Crippen LogP contribution in [-0.2, 0) is 48.0 Å². The number of anilines is 4. The summed E-state index contributed by atoms with van der Waals surface area (Å²) in [5.41, 5.74) is 18.6. The summed E-state index contributed by atoms with van der Waals surface area (Å²) in [4.78, 5) is 85.8. The van der Waals surface area contributed by atoms with Crippen LogP contribution in [0.25, 0.3) is 0 Å². The highest BCUT2D eigenvalue weighted by Crippen LogP contribution is 2.21. The van der Waals surface area contributed by atoms with Gasteiger partial charge in [-0.3, -0.25) is 29.5 Å². The number of carbonyl (C=O) groups is 7. The molecule has 0 fully saturated rings. The Morgan fingerprint density at radius 3 is 1.64 bits per heavy atom. The predicted molar refractivity (Wildman–Crippen MR) is 382 cm³/mol. The van der Waals surface area contributed by atoms with Crippen molar-refractivity contribution in [3.63, 3.8) is 0 Å². The minimum Gasteiger partial charge on any atom is -0.469 e. The zero-order chi connectivity index (χ0) is 75.6. The first-order chi connectivity index (χ1) is 48.2. The summed E-state index contributed by atoms with van der Waals surface area (Å²) in [6.07, 6.45) is -0.986. The predicted octanol–water partition coefficient (Wildman–Crippen LogP) is 12.3. The number of rotatable bonds is 20. The van der Waals surface area contributed by atoms with E-state index in [0.29, 0.717) is 65.5 Å². The smallest absolute Gasteiger partial charge is 0.413 e. The number of nitriles is 3. The Hall–Kier alpha value is -11.5. The van der Waals surface area contributed by atoms with Crippen molar-refractivity contribution in [2.45, 2.75) is 78.1 Å². The van der Waals surface area contributed by atoms with E-state index in [1.807, 2.05) is 80.6 Å². The Morgan fingerprint density at radius 2 is 1.13 bits per heavy atom. The SMILES string of the molecule is CCCN(CCC)C(=O)c1cc(C)cc(C(=O)N[C@@H](Cc2cc(F)cc(F)c2)[C@H](O)CNCc2cccc(C(C)C(=O)OC)c2)c1.COC(=O)Cl.COC(=O)N(C)c1cccc(C#N)c1.COC(=O)N(C)c1cccc(CN)c1.COC(=O)Nc1cccc(C#N)c1.N#Cc1cccc(N)c1. The van der Waals surface area contributed by atoms with Gasteiger partial charge in [-0.25, -0.2) is 28.0 Å². The summed E-state index contributed by atoms with van der Waals surface area (Å²) >= 11 is 4.60. The number of carbonyl (C=O) groups excluding carboxylic acids is 7. The molecule has 0 spiro atoms. The first-order valence-electron chi connectivity index (χ1n) is 31.2. The number of methoxy groups -OCH3 is 5. The maximum Gasteiger partial charge on any atom is 0.413 e. The van der Waals surface area contributed by atoms with E-state index in [1.54, 1.807) is 118 Å². The van der Waals surface area contributed by atoms with Gasteiger partial charge in [-0.2, -0.15) is 15.8 Å². The first-order valence-corrected chi connectivity index (χ1v) is 31.6. The van der Waals surface area contributed by atoms with Crippen molar-refractivity contribution in [3.8, 4) is 18.2 Å². The van der Waals surface area contributed by atoms with Gasteiger partial charge < -0.3 is 55.8 Å². The van der Waals surface area contributed by atoms with Crippen LogP contribution in [0.1, 0.15) is 105 Å². The fourth-order valence-electron chi connectivity index (χ4n) is 8.99. The first kappa shape index (κ1) is 85.6. The molecule has 0 radical (unpaired) electrons. The number of benzene rings is 7. The van der Waals surface area contributed by atoms with Crippen LogP contribution in [0.2, 0.25) is 0 Å². The van der Waals surface area contributed by atoms with E-state index in [9.17, 15) is 47.4 Å². The highest BCUT2D eigenvalue weighted by Gasteiger charge is 2.25. The molecule has 0 bridgehead atoms. The number of hydrogen-bond donors (Lipinski definition) is 6. The minimum absolute atomic E-state index is 0.0417. The van der Waals surface area contributed by atoms with Gasteiger partial charge >= 0.3 is 29.7 Å². The minimum atomic E-state index is -1.15. The number of nitrogens with one attached hydrogen (secondary N) is 3. The molecule has 3 atom stereocenters. The molecule has 0 saturated heterocycles. The van der Waals surface area contributed by atoms with Crippen molar-refractivity contribution in [1.29, 1.82) is 15.8 Å². The summed E-state index contributed by atoms with van der Waals surface area (Å²) in [7, 11) is 9.74. The molecule has 0 saturated carbocycles. The molecular formula is C74H86ClF2N11O13. The number of nitrogens with two attached hydrogens (primary N) is 2. The third kappa shape index (κ3) is 31.7. The van der Waals surface area contributed by atoms with Gasteiger partial charge in [0.2, 0.25) is 0 Å². The van der Waals surface area contributed by atoms with Gasteiger partial charge in [0.15, 0.2) is 0 Å². The highest BCUT2D eigenvalue weighted by atomic mass is 35.5. The van der Waals surface area contributed by atoms with Gasteiger partial charge in [-0.05, 0) is 158 Å². The fourth-order valence-corrected chi connectivity index (χ4v) is 8.99. The number of ether oxygens (including phenoxy) is 5. The van der Waals surface area contributed by atoms with Crippen LogP contribution in [0.5, 0.6) is 0 Å². The third-order valence-electron chi connectivity index (χ3n) is 14.1. The van der Waals surface area contributed by atoms with Crippen LogP contribution in [0.4, 0.5) is 50.7 Å². The van der Waals surface area contributed by atoms with E-state index in [-0.39, 0.29) is 42.1 Å². The van der Waals surface area contributed by atoms with Crippen LogP contribution < -0.4 is 37.2 Å². The molecule has 1 unspecified atom stereocenters. The van der Waals surface area contributed by atoms with E-state index in [4.69, 9.17) is 32.0 Å². The number of aliphatic hydroxyl groups is 1. The van der Waals surface area contributed by atoms with Gasteiger partial charge in [0.05, 0.1) is 88.5 Å². The summed E-state index contributed by atoms with van der Waals surface area (Å²) < 4.78 is 50.3. The van der Waals surface area contributed by atoms with E-state index >= 15 is 0 Å². The average molecular weight is 1410 g/mol. The highest BCUT2D eigenvalue weighted by molar-refractivity contribution is 6.61. The van der Waals surface area contributed by atoms with Crippen LogP contribution >= 0.6 is 11.6 Å². The van der Waals surface area contributed by atoms with Crippen molar-refractivity contribution in [3.05, 3.63) is 225 Å². The molecular weight excluding hydrogens is 1320 g/mol. The fraction of sp³-hybridized carbons (Fsp3) is 0.297. The summed E-state index contributed by atoms with van der Waals surface area (Å²) in [6.45, 7) is 9.60. The molecule has 0 heterocycles. The molecule has 536 valence electrons. The van der Waals surface area contributed by atoms with Gasteiger partial charge in [0, 0.05) is 98.4 Å². The number of aryl methyl sites for hydroxylation is 1. The summed E-state index contributed by atoms with van der Waals surface area (Å²) in [6, 6.07) is 48.1. The molecule has 27 heteroatoms. The topological polar surface area (TPSA) is 355 Å². The number of amides is 5. The Kier molecular flexibility index (Phi) is 39.6. The van der Waals surface area contributed by atoms with Gasteiger partial charge in [-0.15, -0.1) is 0 Å². The second kappa shape index (κ2) is 46.7. The Morgan fingerprint density at radius 1 is 0.614 bits per heavy atom. The van der Waals surface area contributed by atoms with E-state index in [2.05, 4.69) is 46.5 Å². The standard InChI is InChI=1S/C36H45F2N3O5.C10H14N2O2.C10H10N2O2.C9H8N2O2.C7H6N2.C2H3ClO2/c1-6-11-41(12-7-2)35(44)29-14-23(3)13-28(19-29)34(43)40-32(18-26-16-30(37)20-31(38)17-26)33(42)22-39-21-25-9-8-10-27(15-25)24(4)36(45)46-5;2*1-12(10(13)14-2)9-5-3-4-8(6-9)7-11;1-13-9(12)11-8-4-2-3-7(5-8)6-10;8-5-6-2-1-3-7(9)4-6;1-5-2(3)4/h8-10,13-17,19-20,24,32-33,39,42H,6-7,11-12,18,21-22H2,1-5H3,(H,40,43);3-6H,7,11H2,1-2H3;3-6H,1-2H3;2-5H,1H3,(H,11,12);1-4H,9H2;1H3/t24?,32-,33+;;;;;/m0...../s1. The maximum atomic E-state index is 14.0. The van der Waals surface area contributed by atoms with Crippen molar-refractivity contribution >= 4 is 75.8 Å². The molecule has 101 heavy (non-hydrogen) atoms. The monoisotopic (exact) mass is 1410 g/mol. The van der Waals surface area contributed by atoms with Crippen molar-refractivity contribution in [1.82, 2.24) is 15.5 Å². The Bertz CT molecular complexity index is 3950. The molecule has 8 N–H and O–H groups in total. The molecule has 0 aromatic heterocycles. The number of hydrogen-bond acceptors (Lipinski definition) is 19. The van der Waals surface area contributed by atoms with Gasteiger partial charge in [0.25, 0.3) is 11.8 Å². The molecule has 7 rings (SSSR count). The number of nitrogen functional groups attached to an aromatic ring is 1. The summed E-state index contributed by atoms with van der Waals surface area (Å²) in [5, 5.41) is 45.3. The van der Waals surface area contributed by atoms with Gasteiger partial charge in [-0.1, -0.05) is 68.4 Å². The van der Waals surface area contributed by atoms with Crippen LogP contribution in [0.15, 0.2) is 158 Å². The van der Waals surface area contributed by atoms with Crippen LogP contribution in [0, 0.1) is 52.6 Å². The second-order valence-corrected chi connectivity index (χ2v) is 22.0. The molecule has 0 aliphatic carbocycles. The molecule has 7 aromatic rings. The third-order valence-corrected chi connectivity index (χ3v) is 14.3. The molecule has 7 aromatic carbocycles. The lowest BCUT2D eigenvalue weighted by Crippen LogP contribution is -2.48. The Labute approximate surface area is 592 Å². The molecule has 0 aliphatic heterocycles. The van der Waals surface area contributed by atoms with E-state index in [0.717, 1.165) is 59.0 Å². The van der Waals surface area contributed by atoms with Gasteiger partial charge in [0.1, 0.15) is 11.6 Å². The zero-order valence-electron chi connectivity index (χ0n) is 58.2. The van der Waals surface area contributed by atoms with E-state index in [1.165, 1.54) is 51.4 Å². The molecule has 5 amide bonds.